The normalized spacial score (nSPS) is 53.8. The highest BCUT2D eigenvalue weighted by Crippen LogP contribution is 2.74. The van der Waals surface area contributed by atoms with Crippen molar-refractivity contribution in [2.24, 2.45) is 51.8 Å². The van der Waals surface area contributed by atoms with Crippen LogP contribution in [0, 0.1) is 51.8 Å². The molecule has 4 saturated carbocycles. The van der Waals surface area contributed by atoms with Gasteiger partial charge in [0.05, 0.1) is 18.4 Å². The minimum atomic E-state index is -0.591. The highest BCUT2D eigenvalue weighted by molar-refractivity contribution is 5.77. The first kappa shape index (κ1) is 18.7. The van der Waals surface area contributed by atoms with E-state index in [9.17, 15) is 14.7 Å². The van der Waals surface area contributed by atoms with E-state index in [-0.39, 0.29) is 22.7 Å². The molecule has 9 unspecified atom stereocenters. The first-order valence-corrected chi connectivity index (χ1v) is 11.2. The van der Waals surface area contributed by atoms with Crippen LogP contribution in [0.15, 0.2) is 11.6 Å². The van der Waals surface area contributed by atoms with Crippen LogP contribution in [-0.4, -0.2) is 24.2 Å². The van der Waals surface area contributed by atoms with Gasteiger partial charge in [-0.15, -0.1) is 0 Å². The number of allylic oxidation sites excluding steroid dienone is 2. The summed E-state index contributed by atoms with van der Waals surface area (Å²) in [6.45, 7) is 6.80. The molecule has 0 saturated heterocycles. The molecule has 0 aromatic heterocycles. The van der Waals surface area contributed by atoms with Gasteiger partial charge in [0, 0.05) is 0 Å². The van der Waals surface area contributed by atoms with Crippen molar-refractivity contribution in [1.29, 1.82) is 0 Å². The van der Waals surface area contributed by atoms with Gasteiger partial charge in [0.15, 0.2) is 0 Å². The lowest BCUT2D eigenvalue weighted by atomic mass is 9.39. The summed E-state index contributed by atoms with van der Waals surface area (Å²) in [6.07, 6.45) is 9.68. The molecule has 9 atom stereocenters. The van der Waals surface area contributed by atoms with Gasteiger partial charge >= 0.3 is 11.9 Å². The van der Waals surface area contributed by atoms with E-state index in [4.69, 9.17) is 4.74 Å². The van der Waals surface area contributed by atoms with Gasteiger partial charge in [-0.05, 0) is 85.9 Å². The maximum atomic E-state index is 12.8. The summed E-state index contributed by atoms with van der Waals surface area (Å²) >= 11 is 0. The zero-order chi connectivity index (χ0) is 20.1. The van der Waals surface area contributed by atoms with Crippen LogP contribution in [0.5, 0.6) is 0 Å². The molecule has 7 aliphatic rings. The molecule has 4 fully saturated rings. The zero-order valence-corrected chi connectivity index (χ0v) is 17.7. The summed E-state index contributed by atoms with van der Waals surface area (Å²) in [5.74, 6) is 1.20. The summed E-state index contributed by atoms with van der Waals surface area (Å²) in [6, 6.07) is 0. The summed E-state index contributed by atoms with van der Waals surface area (Å²) in [7, 11) is 1.52. The lowest BCUT2D eigenvalue weighted by Gasteiger charge is -2.64. The Balaban J connectivity index is 1.59. The first-order valence-electron chi connectivity index (χ1n) is 11.2. The molecule has 28 heavy (non-hydrogen) atoms. The Hall–Kier alpha value is -1.32. The van der Waals surface area contributed by atoms with Crippen LogP contribution in [0.4, 0.5) is 0 Å². The Morgan fingerprint density at radius 1 is 1.18 bits per heavy atom. The molecule has 1 N–H and O–H groups in total. The summed E-state index contributed by atoms with van der Waals surface area (Å²) in [4.78, 5) is 25.0. The second-order valence-electron chi connectivity index (χ2n) is 11.1. The third-order valence-corrected chi connectivity index (χ3v) is 10.3. The highest BCUT2D eigenvalue weighted by Gasteiger charge is 2.68. The number of carboxylic acids is 1. The molecule has 0 aromatic carbocycles. The second kappa shape index (κ2) is 5.64. The first-order chi connectivity index (χ1) is 13.2. The van der Waals surface area contributed by atoms with Crippen molar-refractivity contribution in [2.45, 2.75) is 65.7 Å². The number of carbonyl (C=O) groups is 2. The van der Waals surface area contributed by atoms with Crippen molar-refractivity contribution < 1.29 is 19.4 Å². The number of carbonyl (C=O) groups excluding carboxylic acids is 1. The van der Waals surface area contributed by atoms with Crippen LogP contribution in [0.2, 0.25) is 0 Å². The Morgan fingerprint density at radius 2 is 1.93 bits per heavy atom. The van der Waals surface area contributed by atoms with E-state index in [0.29, 0.717) is 29.6 Å². The van der Waals surface area contributed by atoms with E-state index >= 15 is 0 Å². The number of ether oxygens (including phenoxy) is 1. The van der Waals surface area contributed by atoms with Gasteiger partial charge in [-0.1, -0.05) is 31.9 Å². The minimum Gasteiger partial charge on any atom is -0.481 e. The molecule has 4 bridgehead atoms. The second-order valence-corrected chi connectivity index (χ2v) is 11.1. The summed E-state index contributed by atoms with van der Waals surface area (Å²) < 4.78 is 5.27. The van der Waals surface area contributed by atoms with Gasteiger partial charge in [0.1, 0.15) is 0 Å². The molecule has 0 aromatic rings. The maximum Gasteiger partial charge on any atom is 0.311 e. The Morgan fingerprint density at radius 3 is 2.61 bits per heavy atom. The zero-order valence-electron chi connectivity index (χ0n) is 17.7. The number of esters is 1. The highest BCUT2D eigenvalue weighted by atomic mass is 16.5. The van der Waals surface area contributed by atoms with E-state index < -0.39 is 11.4 Å². The molecular weight excluding hydrogens is 352 g/mol. The predicted molar refractivity (Wildman–Crippen MR) is 105 cm³/mol. The van der Waals surface area contributed by atoms with Gasteiger partial charge in [-0.25, -0.2) is 0 Å². The molecule has 0 heterocycles. The molecule has 7 rings (SSSR count). The van der Waals surface area contributed by atoms with Gasteiger partial charge in [-0.2, -0.15) is 0 Å². The van der Waals surface area contributed by atoms with Crippen LogP contribution in [-0.2, 0) is 14.3 Å². The monoisotopic (exact) mass is 386 g/mol. The SMILES string of the molecule is COC(=O)C1(C)CCCC2(C)C3CC4C5=CC3(CCC12)CC(C(=O)O)C4C5C. The predicted octanol–water partition coefficient (Wildman–Crippen LogP) is 4.69. The van der Waals surface area contributed by atoms with Crippen molar-refractivity contribution in [2.75, 3.05) is 7.11 Å². The van der Waals surface area contributed by atoms with Crippen molar-refractivity contribution >= 4 is 11.9 Å². The Bertz CT molecular complexity index is 771. The number of carboxylic acid groups (broad SMARTS) is 1. The fraction of sp³-hybridized carbons (Fsp3) is 0.833. The van der Waals surface area contributed by atoms with Crippen LogP contribution >= 0.6 is 0 Å². The smallest absolute Gasteiger partial charge is 0.311 e. The van der Waals surface area contributed by atoms with Crippen LogP contribution < -0.4 is 0 Å². The van der Waals surface area contributed by atoms with Crippen LogP contribution in [0.1, 0.15) is 65.7 Å². The number of methoxy groups -OCH3 is 1. The van der Waals surface area contributed by atoms with E-state index in [0.717, 1.165) is 44.9 Å². The third kappa shape index (κ3) is 2.02. The van der Waals surface area contributed by atoms with Crippen molar-refractivity contribution in [3.8, 4) is 0 Å². The van der Waals surface area contributed by atoms with Gasteiger partial charge in [0.2, 0.25) is 0 Å². The summed E-state index contributed by atoms with van der Waals surface area (Å²) in [5, 5.41) is 10.0. The Kier molecular flexibility index (Phi) is 3.76. The Labute approximate surface area is 168 Å². The molecule has 0 aliphatic heterocycles. The van der Waals surface area contributed by atoms with Gasteiger partial charge < -0.3 is 9.84 Å². The average molecular weight is 387 g/mol. The lowest BCUT2D eigenvalue weighted by Crippen LogP contribution is -2.59. The number of hydrogen-bond acceptors (Lipinski definition) is 3. The number of hydrogen-bond donors (Lipinski definition) is 1. The molecule has 4 nitrogen and oxygen atoms in total. The minimum absolute atomic E-state index is 0.0218. The van der Waals surface area contributed by atoms with Crippen LogP contribution in [0.25, 0.3) is 0 Å². The number of rotatable bonds is 2. The fourth-order valence-corrected chi connectivity index (χ4v) is 9.24. The fourth-order valence-electron chi connectivity index (χ4n) is 9.24. The molecule has 1 spiro atoms. The van der Waals surface area contributed by atoms with E-state index in [1.165, 1.54) is 7.11 Å². The number of fused-ring (bicyclic) bond motifs is 1. The standard InChI is InChI=1S/C24H34O4/c1-13-15-11-24-9-6-17-22(2,7-5-8-23(17,3)21(27)28-4)18(24)10-14(15)19(13)16(12-24)20(25)26/h11,13-14,16-19H,5-10,12H2,1-4H3,(H,25,26). The maximum absolute atomic E-state index is 12.8. The molecule has 7 aliphatic carbocycles. The molecule has 0 radical (unpaired) electrons. The van der Waals surface area contributed by atoms with Gasteiger partial charge in [-0.3, -0.25) is 9.59 Å². The lowest BCUT2D eigenvalue weighted by molar-refractivity contribution is -0.179. The molecule has 0 amide bonds. The van der Waals surface area contributed by atoms with Crippen molar-refractivity contribution in [3.05, 3.63) is 11.6 Å². The molecule has 154 valence electrons. The summed E-state index contributed by atoms with van der Waals surface area (Å²) in [5.41, 5.74) is 1.27. The van der Waals surface area contributed by atoms with E-state index in [2.05, 4.69) is 26.8 Å². The molecule has 4 heteroatoms. The van der Waals surface area contributed by atoms with Gasteiger partial charge in [0.25, 0.3) is 0 Å². The van der Waals surface area contributed by atoms with E-state index in [1.807, 2.05) is 0 Å². The van der Waals surface area contributed by atoms with Crippen molar-refractivity contribution in [1.82, 2.24) is 0 Å². The largest absolute Gasteiger partial charge is 0.481 e. The molecular formula is C24H34O4. The quantitative estimate of drug-likeness (QED) is 0.553. The average Bonchev–Trinajstić information content (AvgIpc) is 2.96. The van der Waals surface area contributed by atoms with Crippen molar-refractivity contribution in [3.63, 3.8) is 0 Å². The number of aliphatic carboxylic acids is 1. The topological polar surface area (TPSA) is 63.6 Å². The third-order valence-electron chi connectivity index (χ3n) is 10.3. The van der Waals surface area contributed by atoms with E-state index in [1.54, 1.807) is 5.57 Å². The van der Waals surface area contributed by atoms with Crippen LogP contribution in [0.3, 0.4) is 0 Å².